The summed E-state index contributed by atoms with van der Waals surface area (Å²) < 4.78 is 77.6. The Morgan fingerprint density at radius 2 is 1.09 bits per heavy atom. The van der Waals surface area contributed by atoms with E-state index in [4.69, 9.17) is 9.31 Å². The van der Waals surface area contributed by atoms with Crippen LogP contribution in [0.15, 0.2) is 0 Å². The minimum atomic E-state index is -2.16. The van der Waals surface area contributed by atoms with Crippen molar-refractivity contribution in [3.05, 3.63) is 34.6 Å². The van der Waals surface area contributed by atoms with Gasteiger partial charge in [0.05, 0.1) is 11.2 Å². The maximum atomic E-state index is 13.6. The number of halogens is 5. The highest BCUT2D eigenvalue weighted by molar-refractivity contribution is 6.45. The summed E-state index contributed by atoms with van der Waals surface area (Å²) >= 11 is 0. The molecule has 1 aromatic carbocycles. The molecule has 0 N–H and O–H groups in total. The summed E-state index contributed by atoms with van der Waals surface area (Å²) in [6.45, 7) is 7.19. The third-order valence-corrected chi connectivity index (χ3v) is 4.23. The molecule has 0 spiro atoms. The van der Waals surface area contributed by atoms with Crippen molar-refractivity contribution < 1.29 is 31.3 Å². The summed E-state index contributed by atoms with van der Waals surface area (Å²) in [6, 6.07) is 0. The van der Waals surface area contributed by atoms with E-state index in [9.17, 15) is 22.0 Å². The maximum Gasteiger partial charge on any atom is 0.458 e. The van der Waals surface area contributed by atoms with Crippen molar-refractivity contribution in [2.45, 2.75) is 51.6 Å². The fourth-order valence-electron chi connectivity index (χ4n) is 2.21. The predicted octanol–water partition coefficient (Wildman–Crippen LogP) is 4.02. The lowest BCUT2D eigenvalue weighted by atomic mass is 9.81. The first-order valence-electron chi connectivity index (χ1n) is 6.84. The minimum Gasteiger partial charge on any atom is -0.403 e. The third kappa shape index (κ3) is 2.74. The molecule has 1 aliphatic heterocycles. The van der Waals surface area contributed by atoms with E-state index in [1.807, 2.05) is 0 Å². The molecule has 1 aliphatic rings. The second-order valence-corrected chi connectivity index (χ2v) is 6.27. The van der Waals surface area contributed by atoms with E-state index >= 15 is 0 Å². The summed E-state index contributed by atoms with van der Waals surface area (Å²) in [6.07, 6.45) is -0.409. The Morgan fingerprint density at radius 1 is 0.727 bits per heavy atom. The zero-order chi connectivity index (χ0) is 16.9. The Morgan fingerprint density at radius 3 is 1.50 bits per heavy atom. The van der Waals surface area contributed by atoms with Crippen LogP contribution in [0.3, 0.4) is 0 Å². The van der Waals surface area contributed by atoms with Gasteiger partial charge in [0.25, 0.3) is 0 Å². The molecule has 0 aromatic heterocycles. The van der Waals surface area contributed by atoms with Gasteiger partial charge in [0, 0.05) is 5.56 Å². The Labute approximate surface area is 125 Å². The molecule has 0 aliphatic carbocycles. The Kier molecular flexibility index (Phi) is 4.30. The molecule has 0 amide bonds. The van der Waals surface area contributed by atoms with Crippen molar-refractivity contribution in [2.75, 3.05) is 0 Å². The lowest BCUT2D eigenvalue weighted by Crippen LogP contribution is -2.41. The van der Waals surface area contributed by atoms with Crippen LogP contribution < -0.4 is 0 Å². The Bertz CT molecular complexity index is 558. The van der Waals surface area contributed by atoms with E-state index in [2.05, 4.69) is 0 Å². The van der Waals surface area contributed by atoms with Crippen molar-refractivity contribution in [2.24, 2.45) is 0 Å². The SMILES string of the molecule is CC1(C)OB(CCc2c(F)c(F)c(F)c(F)c2F)OC1(C)C. The van der Waals surface area contributed by atoms with Crippen molar-refractivity contribution in [1.82, 2.24) is 0 Å². The third-order valence-electron chi connectivity index (χ3n) is 4.23. The van der Waals surface area contributed by atoms with E-state index in [0.29, 0.717) is 0 Å². The predicted molar refractivity (Wildman–Crippen MR) is 70.8 cm³/mol. The summed E-state index contributed by atoms with van der Waals surface area (Å²) in [4.78, 5) is 0. The maximum absolute atomic E-state index is 13.6. The van der Waals surface area contributed by atoms with Crippen LogP contribution in [0.1, 0.15) is 33.3 Å². The Balaban J connectivity index is 2.18. The molecule has 0 radical (unpaired) electrons. The van der Waals surface area contributed by atoms with Gasteiger partial charge in [-0.3, -0.25) is 0 Å². The van der Waals surface area contributed by atoms with Crippen LogP contribution in [0.4, 0.5) is 22.0 Å². The lowest BCUT2D eigenvalue weighted by molar-refractivity contribution is 0.00578. The molecule has 1 aromatic rings. The minimum absolute atomic E-state index is 0.0226. The fourth-order valence-corrected chi connectivity index (χ4v) is 2.21. The van der Waals surface area contributed by atoms with Crippen LogP contribution in [0, 0.1) is 29.1 Å². The van der Waals surface area contributed by atoms with Gasteiger partial charge in [-0.15, -0.1) is 0 Å². The van der Waals surface area contributed by atoms with Gasteiger partial charge < -0.3 is 9.31 Å². The molecule has 122 valence electrons. The van der Waals surface area contributed by atoms with E-state index in [0.717, 1.165) is 0 Å². The van der Waals surface area contributed by atoms with E-state index in [-0.39, 0.29) is 12.7 Å². The summed E-state index contributed by atoms with van der Waals surface area (Å²) in [5.74, 6) is -9.67. The van der Waals surface area contributed by atoms with Gasteiger partial charge in [-0.25, -0.2) is 22.0 Å². The smallest absolute Gasteiger partial charge is 0.403 e. The zero-order valence-corrected chi connectivity index (χ0v) is 12.7. The molecule has 2 rings (SSSR count). The standard InChI is InChI=1S/C14H16BF5O2/c1-13(2)14(3,4)22-15(21-13)6-5-7-8(16)10(18)12(20)11(19)9(7)17/h5-6H2,1-4H3. The van der Waals surface area contributed by atoms with Crippen LogP contribution in [-0.2, 0) is 15.7 Å². The molecule has 22 heavy (non-hydrogen) atoms. The van der Waals surface area contributed by atoms with Crippen molar-refractivity contribution in [1.29, 1.82) is 0 Å². The highest BCUT2D eigenvalue weighted by Gasteiger charge is 2.50. The summed E-state index contributed by atoms with van der Waals surface area (Å²) in [5.41, 5.74) is -2.12. The number of rotatable bonds is 3. The molecule has 0 unspecified atom stereocenters. The van der Waals surface area contributed by atoms with E-state index in [1.165, 1.54) is 0 Å². The monoisotopic (exact) mass is 322 g/mol. The van der Waals surface area contributed by atoms with Crippen LogP contribution in [0.2, 0.25) is 6.32 Å². The molecular weight excluding hydrogens is 306 g/mol. The van der Waals surface area contributed by atoms with Gasteiger partial charge in [-0.2, -0.15) is 0 Å². The molecule has 0 bridgehead atoms. The summed E-state index contributed by atoms with van der Waals surface area (Å²) in [5, 5.41) is 0. The first-order chi connectivity index (χ1) is 9.98. The van der Waals surface area contributed by atoms with Crippen LogP contribution in [0.5, 0.6) is 0 Å². The van der Waals surface area contributed by atoms with Crippen LogP contribution >= 0.6 is 0 Å². The van der Waals surface area contributed by atoms with Crippen molar-refractivity contribution >= 4 is 7.12 Å². The lowest BCUT2D eigenvalue weighted by Gasteiger charge is -2.32. The zero-order valence-electron chi connectivity index (χ0n) is 12.7. The van der Waals surface area contributed by atoms with Gasteiger partial charge in [0.15, 0.2) is 23.3 Å². The van der Waals surface area contributed by atoms with Gasteiger partial charge in [-0.05, 0) is 40.4 Å². The molecule has 0 saturated carbocycles. The topological polar surface area (TPSA) is 18.5 Å². The second-order valence-electron chi connectivity index (χ2n) is 6.27. The van der Waals surface area contributed by atoms with Crippen LogP contribution in [0.25, 0.3) is 0 Å². The van der Waals surface area contributed by atoms with Crippen LogP contribution in [-0.4, -0.2) is 18.3 Å². The highest BCUT2D eigenvalue weighted by atomic mass is 19.2. The molecule has 2 nitrogen and oxygen atoms in total. The van der Waals surface area contributed by atoms with E-state index < -0.39 is 53.0 Å². The van der Waals surface area contributed by atoms with Crippen molar-refractivity contribution in [3.8, 4) is 0 Å². The molecule has 0 atom stereocenters. The molecule has 8 heteroatoms. The molecule has 1 saturated heterocycles. The molecule has 1 heterocycles. The highest BCUT2D eigenvalue weighted by Crippen LogP contribution is 2.38. The average Bonchev–Trinajstić information content (AvgIpc) is 2.62. The van der Waals surface area contributed by atoms with Gasteiger partial charge >= 0.3 is 7.12 Å². The van der Waals surface area contributed by atoms with Gasteiger partial charge in [-0.1, -0.05) is 0 Å². The van der Waals surface area contributed by atoms with Gasteiger partial charge in [0.2, 0.25) is 5.82 Å². The fraction of sp³-hybridized carbons (Fsp3) is 0.571. The van der Waals surface area contributed by atoms with Gasteiger partial charge in [0.1, 0.15) is 0 Å². The van der Waals surface area contributed by atoms with Crippen molar-refractivity contribution in [3.63, 3.8) is 0 Å². The number of benzene rings is 1. The first kappa shape index (κ1) is 17.2. The quantitative estimate of drug-likeness (QED) is 0.362. The Hall–Kier alpha value is -1.15. The molecular formula is C14H16BF5O2. The van der Waals surface area contributed by atoms with E-state index in [1.54, 1.807) is 27.7 Å². The summed E-state index contributed by atoms with van der Waals surface area (Å²) in [7, 11) is -0.778. The number of hydrogen-bond donors (Lipinski definition) is 0. The number of hydrogen-bond acceptors (Lipinski definition) is 2. The molecule has 1 fully saturated rings. The average molecular weight is 322 g/mol. The first-order valence-corrected chi connectivity index (χ1v) is 6.84. The largest absolute Gasteiger partial charge is 0.458 e. The second kappa shape index (κ2) is 5.49. The normalized spacial score (nSPS) is 19.8.